The first-order valence-corrected chi connectivity index (χ1v) is 13.5. The predicted octanol–water partition coefficient (Wildman–Crippen LogP) is 2.55. The molecule has 3 heterocycles. The van der Waals surface area contributed by atoms with Crippen LogP contribution in [-0.2, 0) is 10.0 Å². The number of hydrogen-bond acceptors (Lipinski definition) is 5. The van der Waals surface area contributed by atoms with E-state index in [1.165, 1.54) is 41.8 Å². The number of piperidine rings is 2. The first-order valence-electron chi connectivity index (χ1n) is 12.0. The van der Waals surface area contributed by atoms with Crippen molar-refractivity contribution in [3.63, 3.8) is 0 Å². The normalized spacial score (nSPS) is 20.7. The number of pyridine rings is 1. The molecular weight excluding hydrogens is 440 g/mol. The van der Waals surface area contributed by atoms with E-state index in [-0.39, 0.29) is 21.9 Å². The summed E-state index contributed by atoms with van der Waals surface area (Å²) in [5.41, 5.74) is 0.268. The van der Waals surface area contributed by atoms with E-state index in [0.29, 0.717) is 36.5 Å². The van der Waals surface area contributed by atoms with E-state index in [0.717, 1.165) is 38.9 Å². The molecule has 2 N–H and O–H groups in total. The SMILES string of the molecule is C[C@@H]1CCCN(S(=O)(=O)c2ccc3[nH]c(=O)cc(C(=O)NCCCN4CCCCC4)c3c2)C1. The van der Waals surface area contributed by atoms with Crippen molar-refractivity contribution in [2.45, 2.75) is 50.3 Å². The van der Waals surface area contributed by atoms with Crippen LogP contribution in [0.4, 0.5) is 0 Å². The number of fused-ring (bicyclic) bond motifs is 1. The number of carbonyl (C=O) groups is 1. The Balaban J connectivity index is 1.52. The zero-order chi connectivity index (χ0) is 23.4. The second-order valence-electron chi connectivity index (χ2n) is 9.38. The van der Waals surface area contributed by atoms with Gasteiger partial charge >= 0.3 is 0 Å². The number of likely N-dealkylation sites (tertiary alicyclic amines) is 1. The van der Waals surface area contributed by atoms with Gasteiger partial charge in [-0.3, -0.25) is 9.59 Å². The van der Waals surface area contributed by atoms with Crippen molar-refractivity contribution in [1.29, 1.82) is 0 Å². The quantitative estimate of drug-likeness (QED) is 0.601. The molecule has 0 spiro atoms. The highest BCUT2D eigenvalue weighted by Gasteiger charge is 2.29. The molecular formula is C24H34N4O4S. The van der Waals surface area contributed by atoms with Gasteiger partial charge in [0, 0.05) is 36.6 Å². The van der Waals surface area contributed by atoms with Crippen molar-refractivity contribution in [2.24, 2.45) is 5.92 Å². The van der Waals surface area contributed by atoms with Gasteiger partial charge in [0.15, 0.2) is 0 Å². The first-order chi connectivity index (χ1) is 15.8. The minimum absolute atomic E-state index is 0.148. The number of aromatic nitrogens is 1. The van der Waals surface area contributed by atoms with Crippen molar-refractivity contribution < 1.29 is 13.2 Å². The monoisotopic (exact) mass is 474 g/mol. The highest BCUT2D eigenvalue weighted by Crippen LogP contribution is 2.26. The van der Waals surface area contributed by atoms with E-state index >= 15 is 0 Å². The molecule has 1 aromatic carbocycles. The number of nitrogens with one attached hydrogen (secondary N) is 2. The van der Waals surface area contributed by atoms with Crippen LogP contribution in [-0.4, -0.2) is 67.8 Å². The number of sulfonamides is 1. The maximum absolute atomic E-state index is 13.2. The number of H-pyrrole nitrogens is 1. The third-order valence-corrected chi connectivity index (χ3v) is 8.56. The van der Waals surface area contributed by atoms with Gasteiger partial charge in [-0.2, -0.15) is 4.31 Å². The molecule has 2 saturated heterocycles. The second kappa shape index (κ2) is 10.4. The summed E-state index contributed by atoms with van der Waals surface area (Å²) < 4.78 is 28.0. The number of amides is 1. The van der Waals surface area contributed by atoms with Crippen LogP contribution in [0.1, 0.15) is 55.8 Å². The van der Waals surface area contributed by atoms with Crippen LogP contribution in [0, 0.1) is 5.92 Å². The average Bonchev–Trinajstić information content (AvgIpc) is 2.81. The number of hydrogen-bond donors (Lipinski definition) is 2. The Morgan fingerprint density at radius 2 is 1.91 bits per heavy atom. The second-order valence-corrected chi connectivity index (χ2v) is 11.3. The van der Waals surface area contributed by atoms with Crippen molar-refractivity contribution in [3.8, 4) is 0 Å². The summed E-state index contributed by atoms with van der Waals surface area (Å²) in [7, 11) is -3.67. The van der Waals surface area contributed by atoms with E-state index in [1.807, 2.05) is 0 Å². The lowest BCUT2D eigenvalue weighted by molar-refractivity contribution is 0.0952. The van der Waals surface area contributed by atoms with Crippen LogP contribution in [0.3, 0.4) is 0 Å². The Morgan fingerprint density at radius 1 is 1.12 bits per heavy atom. The minimum atomic E-state index is -3.67. The van der Waals surface area contributed by atoms with Gasteiger partial charge in [-0.05, 0) is 75.9 Å². The van der Waals surface area contributed by atoms with Crippen LogP contribution >= 0.6 is 0 Å². The van der Waals surface area contributed by atoms with Gasteiger partial charge in [-0.25, -0.2) is 8.42 Å². The van der Waals surface area contributed by atoms with Crippen molar-refractivity contribution in [3.05, 3.63) is 40.2 Å². The van der Waals surface area contributed by atoms with Crippen LogP contribution < -0.4 is 10.9 Å². The van der Waals surface area contributed by atoms with Crippen LogP contribution in [0.15, 0.2) is 34.0 Å². The molecule has 9 heteroatoms. The maximum Gasteiger partial charge on any atom is 0.252 e. The summed E-state index contributed by atoms with van der Waals surface area (Å²) >= 11 is 0. The molecule has 1 aromatic heterocycles. The van der Waals surface area contributed by atoms with Crippen LogP contribution in [0.5, 0.6) is 0 Å². The summed E-state index contributed by atoms with van der Waals surface area (Å²) in [5, 5.41) is 3.35. The summed E-state index contributed by atoms with van der Waals surface area (Å²) in [6.45, 7) is 6.72. The lowest BCUT2D eigenvalue weighted by atomic mass is 10.0. The van der Waals surface area contributed by atoms with E-state index in [2.05, 4.69) is 22.1 Å². The van der Waals surface area contributed by atoms with Gasteiger partial charge in [-0.1, -0.05) is 13.3 Å². The summed E-state index contributed by atoms with van der Waals surface area (Å²) in [4.78, 5) is 30.3. The minimum Gasteiger partial charge on any atom is -0.352 e. The van der Waals surface area contributed by atoms with Crippen molar-refractivity contribution in [2.75, 3.05) is 39.3 Å². The van der Waals surface area contributed by atoms with Crippen LogP contribution in [0.25, 0.3) is 10.9 Å². The number of benzene rings is 1. The number of nitrogens with zero attached hydrogens (tertiary/aromatic N) is 2. The molecule has 2 aromatic rings. The zero-order valence-corrected chi connectivity index (χ0v) is 20.1. The van der Waals surface area contributed by atoms with Gasteiger partial charge in [0.25, 0.3) is 5.91 Å². The summed E-state index contributed by atoms with van der Waals surface area (Å²) in [6, 6.07) is 5.85. The molecule has 8 nitrogen and oxygen atoms in total. The molecule has 180 valence electrons. The first kappa shape index (κ1) is 23.9. The third-order valence-electron chi connectivity index (χ3n) is 6.70. The Labute approximate surface area is 195 Å². The third kappa shape index (κ3) is 5.65. The lowest BCUT2D eigenvalue weighted by Crippen LogP contribution is -2.39. The summed E-state index contributed by atoms with van der Waals surface area (Å²) in [5.74, 6) is -0.0394. The fourth-order valence-corrected chi connectivity index (χ4v) is 6.50. The standard InChI is InChI=1S/C24H34N4O4S/c1-18-7-5-14-28(17-18)33(31,32)19-8-9-22-20(15-19)21(16-23(29)26-22)24(30)25-10-6-13-27-11-3-2-4-12-27/h8-9,15-16,18H,2-7,10-14,17H2,1H3,(H,25,30)(H,26,29)/t18-/m1/s1. The molecule has 33 heavy (non-hydrogen) atoms. The van der Waals surface area contributed by atoms with Gasteiger partial charge in [0.05, 0.1) is 10.5 Å². The Hall–Kier alpha value is -2.23. The number of aromatic amines is 1. The highest BCUT2D eigenvalue weighted by molar-refractivity contribution is 7.89. The Kier molecular flexibility index (Phi) is 7.51. The summed E-state index contributed by atoms with van der Waals surface area (Å²) in [6.07, 6.45) is 6.44. The Bertz CT molecular complexity index is 1150. The highest BCUT2D eigenvalue weighted by atomic mass is 32.2. The molecule has 1 amide bonds. The van der Waals surface area contributed by atoms with Gasteiger partial charge < -0.3 is 15.2 Å². The van der Waals surface area contributed by atoms with E-state index in [9.17, 15) is 18.0 Å². The molecule has 4 rings (SSSR count). The van der Waals surface area contributed by atoms with Gasteiger partial charge in [0.1, 0.15) is 0 Å². The lowest BCUT2D eigenvalue weighted by Gasteiger charge is -2.30. The molecule has 0 aliphatic carbocycles. The molecule has 0 saturated carbocycles. The molecule has 2 aliphatic heterocycles. The van der Waals surface area contributed by atoms with Crippen molar-refractivity contribution in [1.82, 2.24) is 19.5 Å². The Morgan fingerprint density at radius 3 is 2.67 bits per heavy atom. The van der Waals surface area contributed by atoms with E-state index < -0.39 is 10.0 Å². The molecule has 0 unspecified atom stereocenters. The van der Waals surface area contributed by atoms with Crippen LogP contribution in [0.2, 0.25) is 0 Å². The van der Waals surface area contributed by atoms with Gasteiger partial charge in [-0.15, -0.1) is 0 Å². The predicted molar refractivity (Wildman–Crippen MR) is 129 cm³/mol. The van der Waals surface area contributed by atoms with E-state index in [1.54, 1.807) is 6.07 Å². The topological polar surface area (TPSA) is 103 Å². The fraction of sp³-hybridized carbons (Fsp3) is 0.583. The molecule has 1 atom stereocenters. The maximum atomic E-state index is 13.2. The van der Waals surface area contributed by atoms with E-state index in [4.69, 9.17) is 0 Å². The van der Waals surface area contributed by atoms with Crippen molar-refractivity contribution >= 4 is 26.8 Å². The smallest absolute Gasteiger partial charge is 0.252 e. The van der Waals surface area contributed by atoms with Gasteiger partial charge in [0.2, 0.25) is 15.6 Å². The molecule has 0 radical (unpaired) electrons. The largest absolute Gasteiger partial charge is 0.352 e. The molecule has 0 bridgehead atoms. The average molecular weight is 475 g/mol. The number of carbonyl (C=O) groups excluding carboxylic acids is 1. The molecule has 2 fully saturated rings. The molecule has 2 aliphatic rings. The zero-order valence-electron chi connectivity index (χ0n) is 19.3. The fourth-order valence-electron chi connectivity index (χ4n) is 4.88. The number of rotatable bonds is 7.